The fourth-order valence-corrected chi connectivity index (χ4v) is 4.38. The van der Waals surface area contributed by atoms with Gasteiger partial charge in [0.05, 0.1) is 12.3 Å². The summed E-state index contributed by atoms with van der Waals surface area (Å²) >= 11 is 0. The molecule has 0 saturated carbocycles. The molecule has 4 rings (SSSR count). The first kappa shape index (κ1) is 25.6. The number of piperidine rings is 1. The lowest BCUT2D eigenvalue weighted by Crippen LogP contribution is -2.44. The first-order chi connectivity index (χ1) is 17.4. The summed E-state index contributed by atoms with van der Waals surface area (Å²) in [7, 11) is 1.76. The molecule has 0 bridgehead atoms. The van der Waals surface area contributed by atoms with Crippen LogP contribution in [0, 0.1) is 5.92 Å². The standard InChI is InChI=1S/C26H34FN7O2/c1-16(2)21-14-31-34-24(30-12-18-6-5-7-20(10-18)32-26(35)17(3)27)11-23(33-25(21)34)29-13-19-8-9-28-15-22(19)36-4/h5-7,10-11,14,16,19,22,28,30H,3,8-9,12-13,15H2,1-2,4H3,(H,29,33)(H,32,35)/t19-,22+/m1/s1. The van der Waals surface area contributed by atoms with E-state index in [-0.39, 0.29) is 12.0 Å². The van der Waals surface area contributed by atoms with Crippen molar-refractivity contribution >= 4 is 28.9 Å². The van der Waals surface area contributed by atoms with E-state index in [9.17, 15) is 9.18 Å². The Morgan fingerprint density at radius 3 is 2.92 bits per heavy atom. The van der Waals surface area contributed by atoms with Gasteiger partial charge < -0.3 is 26.0 Å². The highest BCUT2D eigenvalue weighted by molar-refractivity contribution is 6.01. The fourth-order valence-electron chi connectivity index (χ4n) is 4.38. The number of anilines is 3. The molecule has 1 aliphatic heterocycles. The van der Waals surface area contributed by atoms with E-state index in [2.05, 4.69) is 46.8 Å². The van der Waals surface area contributed by atoms with Crippen LogP contribution in [0.15, 0.2) is 48.9 Å². The molecular formula is C26H34FN7O2. The van der Waals surface area contributed by atoms with Gasteiger partial charge in [-0.05, 0) is 36.6 Å². The Labute approximate surface area is 210 Å². The quantitative estimate of drug-likeness (QED) is 0.316. The Morgan fingerprint density at radius 1 is 1.33 bits per heavy atom. The lowest BCUT2D eigenvalue weighted by atomic mass is 9.95. The number of carbonyl (C=O) groups is 1. The van der Waals surface area contributed by atoms with Crippen LogP contribution in [-0.2, 0) is 16.1 Å². The van der Waals surface area contributed by atoms with Gasteiger partial charge in [-0.25, -0.2) is 9.37 Å². The van der Waals surface area contributed by atoms with Gasteiger partial charge in [-0.1, -0.05) is 32.6 Å². The van der Waals surface area contributed by atoms with Gasteiger partial charge in [-0.15, -0.1) is 0 Å². The third-order valence-corrected chi connectivity index (χ3v) is 6.44. The van der Waals surface area contributed by atoms with Crippen LogP contribution in [0.4, 0.5) is 21.7 Å². The van der Waals surface area contributed by atoms with E-state index in [0.29, 0.717) is 18.2 Å². The van der Waals surface area contributed by atoms with Crippen LogP contribution < -0.4 is 21.3 Å². The maximum Gasteiger partial charge on any atom is 0.283 e. The van der Waals surface area contributed by atoms with E-state index >= 15 is 0 Å². The molecule has 9 nitrogen and oxygen atoms in total. The van der Waals surface area contributed by atoms with Crippen molar-refractivity contribution in [2.24, 2.45) is 5.92 Å². The summed E-state index contributed by atoms with van der Waals surface area (Å²) in [5.41, 5.74) is 3.27. The molecule has 3 heterocycles. The number of fused-ring (bicyclic) bond motifs is 1. The molecule has 0 radical (unpaired) electrons. The minimum absolute atomic E-state index is 0.163. The minimum Gasteiger partial charge on any atom is -0.380 e. The van der Waals surface area contributed by atoms with Gasteiger partial charge in [0, 0.05) is 50.0 Å². The number of carbonyl (C=O) groups excluding carboxylic acids is 1. The Balaban J connectivity index is 1.54. The van der Waals surface area contributed by atoms with Gasteiger partial charge in [0.15, 0.2) is 11.5 Å². The summed E-state index contributed by atoms with van der Waals surface area (Å²) in [4.78, 5) is 16.5. The zero-order valence-electron chi connectivity index (χ0n) is 21.0. The molecule has 1 amide bonds. The van der Waals surface area contributed by atoms with Crippen LogP contribution >= 0.6 is 0 Å². The van der Waals surface area contributed by atoms with Crippen molar-refractivity contribution in [3.8, 4) is 0 Å². The van der Waals surface area contributed by atoms with Crippen molar-refractivity contribution < 1.29 is 13.9 Å². The third kappa shape index (κ3) is 6.00. The maximum absolute atomic E-state index is 13.1. The molecule has 192 valence electrons. The molecule has 0 spiro atoms. The molecule has 0 unspecified atom stereocenters. The Kier molecular flexibility index (Phi) is 8.17. The number of nitrogens with zero attached hydrogens (tertiary/aromatic N) is 3. The molecule has 36 heavy (non-hydrogen) atoms. The second-order valence-electron chi connectivity index (χ2n) is 9.34. The van der Waals surface area contributed by atoms with Crippen LogP contribution in [-0.4, -0.2) is 53.4 Å². The number of benzene rings is 1. The van der Waals surface area contributed by atoms with Gasteiger partial charge in [0.25, 0.3) is 5.91 Å². The van der Waals surface area contributed by atoms with Crippen molar-refractivity contribution in [2.75, 3.05) is 42.7 Å². The second-order valence-corrected chi connectivity index (χ2v) is 9.34. The zero-order chi connectivity index (χ0) is 25.7. The van der Waals surface area contributed by atoms with Crippen LogP contribution in [0.25, 0.3) is 5.65 Å². The van der Waals surface area contributed by atoms with Gasteiger partial charge in [0.2, 0.25) is 0 Å². The summed E-state index contributed by atoms with van der Waals surface area (Å²) in [6.45, 7) is 10.3. The number of methoxy groups -OCH3 is 1. The molecular weight excluding hydrogens is 461 g/mol. The Bertz CT molecular complexity index is 1230. The fraction of sp³-hybridized carbons (Fsp3) is 0.423. The van der Waals surface area contributed by atoms with Crippen LogP contribution in [0.5, 0.6) is 0 Å². The molecule has 1 saturated heterocycles. The first-order valence-electron chi connectivity index (χ1n) is 12.2. The SMILES string of the molecule is C=C(F)C(=O)Nc1cccc(CNc2cc(NC[C@H]3CCNC[C@@H]3OC)nc3c(C(C)C)cnn23)c1. The summed E-state index contributed by atoms with van der Waals surface area (Å²) < 4.78 is 20.5. The number of nitrogens with one attached hydrogen (secondary N) is 4. The maximum atomic E-state index is 13.1. The molecule has 0 aliphatic carbocycles. The van der Waals surface area contributed by atoms with Crippen molar-refractivity contribution in [1.29, 1.82) is 0 Å². The predicted molar refractivity (Wildman–Crippen MR) is 140 cm³/mol. The summed E-state index contributed by atoms with van der Waals surface area (Å²) in [6.07, 6.45) is 3.05. The molecule has 4 N–H and O–H groups in total. The summed E-state index contributed by atoms with van der Waals surface area (Å²) in [5, 5.41) is 17.4. The number of rotatable bonds is 10. The van der Waals surface area contributed by atoms with Gasteiger partial charge in [-0.2, -0.15) is 9.61 Å². The number of hydrogen-bond donors (Lipinski definition) is 4. The smallest absolute Gasteiger partial charge is 0.283 e. The lowest BCUT2D eigenvalue weighted by Gasteiger charge is -2.31. The van der Waals surface area contributed by atoms with E-state index in [4.69, 9.17) is 9.72 Å². The monoisotopic (exact) mass is 495 g/mol. The highest BCUT2D eigenvalue weighted by Gasteiger charge is 2.25. The van der Waals surface area contributed by atoms with Crippen LogP contribution in [0.2, 0.25) is 0 Å². The number of halogens is 1. The normalized spacial score (nSPS) is 17.8. The van der Waals surface area contributed by atoms with Gasteiger partial charge in [0.1, 0.15) is 11.6 Å². The third-order valence-electron chi connectivity index (χ3n) is 6.44. The minimum atomic E-state index is -1.03. The topological polar surface area (TPSA) is 105 Å². The van der Waals surface area contributed by atoms with E-state index in [0.717, 1.165) is 54.5 Å². The van der Waals surface area contributed by atoms with Crippen molar-refractivity contribution in [3.63, 3.8) is 0 Å². The molecule has 1 aromatic carbocycles. The number of ether oxygens (including phenoxy) is 1. The van der Waals surface area contributed by atoms with Gasteiger partial charge in [-0.3, -0.25) is 4.79 Å². The second kappa shape index (κ2) is 11.5. The molecule has 10 heteroatoms. The molecule has 1 aliphatic rings. The number of amides is 1. The van der Waals surface area contributed by atoms with E-state index in [1.54, 1.807) is 25.3 Å². The summed E-state index contributed by atoms with van der Waals surface area (Å²) in [6, 6.07) is 9.17. The molecule has 3 aromatic rings. The first-order valence-corrected chi connectivity index (χ1v) is 12.2. The highest BCUT2D eigenvalue weighted by atomic mass is 19.1. The average molecular weight is 496 g/mol. The molecule has 2 atom stereocenters. The van der Waals surface area contributed by atoms with Crippen LogP contribution in [0.1, 0.15) is 37.3 Å². The average Bonchev–Trinajstić information content (AvgIpc) is 3.31. The Hall–Kier alpha value is -3.50. The summed E-state index contributed by atoms with van der Waals surface area (Å²) in [5.74, 6) is 0.329. The highest BCUT2D eigenvalue weighted by Crippen LogP contribution is 2.25. The van der Waals surface area contributed by atoms with Crippen LogP contribution in [0.3, 0.4) is 0 Å². The number of aromatic nitrogens is 3. The van der Waals surface area contributed by atoms with E-state index < -0.39 is 11.7 Å². The predicted octanol–water partition coefficient (Wildman–Crippen LogP) is 3.92. The van der Waals surface area contributed by atoms with Crippen molar-refractivity contribution in [3.05, 3.63) is 60.1 Å². The van der Waals surface area contributed by atoms with Crippen molar-refractivity contribution in [2.45, 2.75) is 38.8 Å². The molecule has 1 fully saturated rings. The van der Waals surface area contributed by atoms with Gasteiger partial charge >= 0.3 is 0 Å². The molecule has 2 aromatic heterocycles. The van der Waals surface area contributed by atoms with Crippen molar-refractivity contribution in [1.82, 2.24) is 19.9 Å². The largest absolute Gasteiger partial charge is 0.380 e. The number of hydrogen-bond acceptors (Lipinski definition) is 7. The van der Waals surface area contributed by atoms with E-state index in [1.165, 1.54) is 0 Å². The van der Waals surface area contributed by atoms with E-state index in [1.807, 2.05) is 22.8 Å². The Morgan fingerprint density at radius 2 is 2.17 bits per heavy atom. The lowest BCUT2D eigenvalue weighted by molar-refractivity contribution is -0.114. The zero-order valence-corrected chi connectivity index (χ0v) is 21.0.